The molecule has 1 aliphatic heterocycles. The molecule has 1 aromatic carbocycles. The van der Waals surface area contributed by atoms with Crippen molar-refractivity contribution in [3.63, 3.8) is 0 Å². The zero-order valence-corrected chi connectivity index (χ0v) is 16.2. The number of rotatable bonds is 3. The predicted octanol–water partition coefficient (Wildman–Crippen LogP) is 2.99. The molecule has 1 amide bonds. The number of nitriles is 1. The van der Waals surface area contributed by atoms with Crippen LogP contribution in [0.3, 0.4) is 0 Å². The number of alkyl halides is 3. The first kappa shape index (κ1) is 21.5. The van der Waals surface area contributed by atoms with Crippen LogP contribution in [0.2, 0.25) is 0 Å². The minimum absolute atomic E-state index is 0.0647. The van der Waals surface area contributed by atoms with E-state index in [4.69, 9.17) is 5.73 Å². The Kier molecular flexibility index (Phi) is 5.67. The molecule has 158 valence electrons. The van der Waals surface area contributed by atoms with Gasteiger partial charge in [0.15, 0.2) is 0 Å². The molecule has 2 heterocycles. The highest BCUT2D eigenvalue weighted by Crippen LogP contribution is 2.37. The van der Waals surface area contributed by atoms with Gasteiger partial charge in [-0.1, -0.05) is 0 Å². The van der Waals surface area contributed by atoms with E-state index in [0.717, 1.165) is 6.07 Å². The summed E-state index contributed by atoms with van der Waals surface area (Å²) in [4.78, 5) is 19.9. The average Bonchev–Trinajstić information content (AvgIpc) is 3.07. The van der Waals surface area contributed by atoms with Crippen molar-refractivity contribution in [2.45, 2.75) is 31.6 Å². The lowest BCUT2D eigenvalue weighted by atomic mass is 10.1. The van der Waals surface area contributed by atoms with Crippen molar-refractivity contribution in [1.29, 1.82) is 5.26 Å². The lowest BCUT2D eigenvalue weighted by Gasteiger charge is -2.31. The molecule has 1 aliphatic rings. The van der Waals surface area contributed by atoms with E-state index in [0.29, 0.717) is 12.1 Å². The summed E-state index contributed by atoms with van der Waals surface area (Å²) in [6, 6.07) is 5.89. The van der Waals surface area contributed by atoms with Crippen LogP contribution in [-0.2, 0) is 11.0 Å². The third-order valence-electron chi connectivity index (χ3n) is 5.06. The lowest BCUT2D eigenvalue weighted by molar-refractivity contribution is -0.137. The van der Waals surface area contributed by atoms with Crippen LogP contribution >= 0.6 is 0 Å². The molecule has 2 N–H and O–H groups in total. The van der Waals surface area contributed by atoms with E-state index in [9.17, 15) is 27.6 Å². The predicted molar refractivity (Wildman–Crippen MR) is 102 cm³/mol. The molecule has 2 atom stereocenters. The van der Waals surface area contributed by atoms with Gasteiger partial charge in [0.25, 0.3) is 5.91 Å². The van der Waals surface area contributed by atoms with Crippen molar-refractivity contribution in [2.75, 3.05) is 23.4 Å². The number of carbonyl (C=O) groups is 1. The van der Waals surface area contributed by atoms with Crippen LogP contribution in [0.15, 0.2) is 30.3 Å². The summed E-state index contributed by atoms with van der Waals surface area (Å²) in [5, 5.41) is 9.44. The molecule has 0 unspecified atom stereocenters. The van der Waals surface area contributed by atoms with E-state index in [-0.39, 0.29) is 18.1 Å². The van der Waals surface area contributed by atoms with Crippen LogP contribution in [0, 0.1) is 24.1 Å². The van der Waals surface area contributed by atoms with Gasteiger partial charge in [-0.2, -0.15) is 18.4 Å². The number of nitrogens with zero attached hydrogens (tertiary/aromatic N) is 4. The van der Waals surface area contributed by atoms with Gasteiger partial charge in [-0.25, -0.2) is 9.37 Å². The van der Waals surface area contributed by atoms with Crippen molar-refractivity contribution in [3.8, 4) is 6.07 Å². The third kappa shape index (κ3) is 3.93. The number of aryl methyl sites for hydroxylation is 1. The monoisotopic (exact) mass is 421 g/mol. The molecule has 3 rings (SSSR count). The van der Waals surface area contributed by atoms with Crippen LogP contribution in [-0.4, -0.2) is 36.6 Å². The highest BCUT2D eigenvalue weighted by molar-refractivity contribution is 5.99. The molecule has 1 aromatic heterocycles. The van der Waals surface area contributed by atoms with Gasteiger partial charge in [-0.05, 0) is 43.7 Å². The van der Waals surface area contributed by atoms with Crippen molar-refractivity contribution in [3.05, 3.63) is 53.0 Å². The number of nitrogens with two attached hydrogens (primary N) is 1. The van der Waals surface area contributed by atoms with E-state index >= 15 is 0 Å². The molecule has 0 spiro atoms. The zero-order chi connectivity index (χ0) is 22.2. The molecule has 10 heteroatoms. The molecule has 30 heavy (non-hydrogen) atoms. The van der Waals surface area contributed by atoms with Gasteiger partial charge in [0, 0.05) is 31.0 Å². The van der Waals surface area contributed by atoms with Crippen LogP contribution in [0.1, 0.15) is 23.2 Å². The van der Waals surface area contributed by atoms with Gasteiger partial charge in [0.05, 0.1) is 5.56 Å². The van der Waals surface area contributed by atoms with E-state index in [2.05, 4.69) is 4.98 Å². The second-order valence-corrected chi connectivity index (χ2v) is 7.08. The molecule has 0 aliphatic carbocycles. The Hall–Kier alpha value is -3.19. The Morgan fingerprint density at radius 1 is 1.33 bits per heavy atom. The molecular weight excluding hydrogens is 402 g/mol. The van der Waals surface area contributed by atoms with Gasteiger partial charge in [-0.15, -0.1) is 0 Å². The topological polar surface area (TPSA) is 86.2 Å². The molecule has 0 bridgehead atoms. The fourth-order valence-electron chi connectivity index (χ4n) is 3.56. The molecule has 2 aromatic rings. The minimum atomic E-state index is -4.75. The first-order chi connectivity index (χ1) is 14.0. The number of aromatic nitrogens is 1. The van der Waals surface area contributed by atoms with Crippen molar-refractivity contribution in [2.24, 2.45) is 5.73 Å². The summed E-state index contributed by atoms with van der Waals surface area (Å²) >= 11 is 0. The summed E-state index contributed by atoms with van der Waals surface area (Å²) in [6.07, 6.45) is -4.42. The quantitative estimate of drug-likeness (QED) is 0.770. The number of pyridine rings is 1. The van der Waals surface area contributed by atoms with E-state index in [1.807, 2.05) is 0 Å². The maximum atomic E-state index is 13.5. The summed E-state index contributed by atoms with van der Waals surface area (Å²) in [5.41, 5.74) is 4.83. The van der Waals surface area contributed by atoms with E-state index < -0.39 is 41.1 Å². The zero-order valence-electron chi connectivity index (χ0n) is 16.2. The lowest BCUT2D eigenvalue weighted by Crippen LogP contribution is -2.52. The summed E-state index contributed by atoms with van der Waals surface area (Å²) in [7, 11) is 1.47. The van der Waals surface area contributed by atoms with Gasteiger partial charge in [0.2, 0.25) is 0 Å². The summed E-state index contributed by atoms with van der Waals surface area (Å²) in [6.45, 7) is 1.55. The molecule has 0 saturated carbocycles. The van der Waals surface area contributed by atoms with E-state index in [1.54, 1.807) is 6.07 Å². The average molecular weight is 421 g/mol. The Morgan fingerprint density at radius 2 is 1.97 bits per heavy atom. The van der Waals surface area contributed by atoms with Gasteiger partial charge in [-0.3, -0.25) is 4.79 Å². The number of benzene rings is 1. The number of amides is 1. The number of halogens is 4. The van der Waals surface area contributed by atoms with Crippen molar-refractivity contribution in [1.82, 2.24) is 4.98 Å². The maximum absolute atomic E-state index is 13.5. The van der Waals surface area contributed by atoms with Crippen LogP contribution in [0.5, 0.6) is 0 Å². The fraction of sp³-hybridized carbons (Fsp3) is 0.350. The Bertz CT molecular complexity index is 1000. The highest BCUT2D eigenvalue weighted by Gasteiger charge is 2.43. The molecular formula is C20H19F4N5O. The molecule has 0 radical (unpaired) electrons. The van der Waals surface area contributed by atoms with Crippen molar-refractivity contribution < 1.29 is 22.4 Å². The van der Waals surface area contributed by atoms with Crippen LogP contribution < -0.4 is 15.5 Å². The SMILES string of the molecule is Cc1cc(C(F)(F)F)c(C#N)c(N2CC[C@@H](N)[C@H]2C(=O)N(C)c2ccc(F)cc2)n1. The number of carbonyl (C=O) groups excluding carboxylic acids is 1. The smallest absolute Gasteiger partial charge is 0.342 e. The van der Waals surface area contributed by atoms with E-state index in [1.165, 1.54) is 48.0 Å². The fourth-order valence-corrected chi connectivity index (χ4v) is 3.56. The Labute approximate surface area is 170 Å². The van der Waals surface area contributed by atoms with Crippen LogP contribution in [0.4, 0.5) is 29.1 Å². The Balaban J connectivity index is 2.04. The number of hydrogen-bond acceptors (Lipinski definition) is 5. The first-order valence-electron chi connectivity index (χ1n) is 9.09. The number of likely N-dealkylation sites (N-methyl/N-ethyl adjacent to an activating group) is 1. The first-order valence-corrected chi connectivity index (χ1v) is 9.09. The van der Waals surface area contributed by atoms with Gasteiger partial charge in [0.1, 0.15) is 29.3 Å². The largest absolute Gasteiger partial charge is 0.417 e. The number of anilines is 2. The normalized spacial score (nSPS) is 18.9. The summed E-state index contributed by atoms with van der Waals surface area (Å²) < 4.78 is 53.6. The summed E-state index contributed by atoms with van der Waals surface area (Å²) in [5.74, 6) is -1.18. The van der Waals surface area contributed by atoms with Gasteiger partial charge < -0.3 is 15.5 Å². The molecule has 1 fully saturated rings. The highest BCUT2D eigenvalue weighted by atomic mass is 19.4. The third-order valence-corrected chi connectivity index (χ3v) is 5.06. The molecule has 6 nitrogen and oxygen atoms in total. The second kappa shape index (κ2) is 7.91. The van der Waals surface area contributed by atoms with Crippen LogP contribution in [0.25, 0.3) is 0 Å². The second-order valence-electron chi connectivity index (χ2n) is 7.08. The Morgan fingerprint density at radius 3 is 2.53 bits per heavy atom. The standard InChI is InChI=1S/C20H19F4N5O/c1-11-9-15(20(22,23)24)14(10-25)18(27-11)29-8-7-16(26)17(29)19(30)28(2)13-5-3-12(21)4-6-13/h3-6,9,16-17H,7-8,26H2,1-2H3/t16-,17+/m1/s1. The van der Waals surface area contributed by atoms with Crippen molar-refractivity contribution >= 4 is 17.4 Å². The number of hydrogen-bond donors (Lipinski definition) is 1. The molecule has 1 saturated heterocycles. The maximum Gasteiger partial charge on any atom is 0.417 e. The van der Waals surface area contributed by atoms with Gasteiger partial charge >= 0.3 is 6.18 Å². The minimum Gasteiger partial charge on any atom is -0.342 e.